The number of hydrogen-bond acceptors (Lipinski definition) is 4. The Bertz CT molecular complexity index is 968. The maximum absolute atomic E-state index is 13.0. The predicted molar refractivity (Wildman–Crippen MR) is 96.7 cm³/mol. The zero-order valence-electron chi connectivity index (χ0n) is 13.7. The predicted octanol–water partition coefficient (Wildman–Crippen LogP) is 4.46. The van der Waals surface area contributed by atoms with Gasteiger partial charge in [-0.25, -0.2) is 8.42 Å². The number of amides is 1. The van der Waals surface area contributed by atoms with E-state index < -0.39 is 32.7 Å². The molecule has 1 aliphatic rings. The van der Waals surface area contributed by atoms with Gasteiger partial charge < -0.3 is 5.32 Å². The van der Waals surface area contributed by atoms with Crippen molar-refractivity contribution in [3.63, 3.8) is 0 Å². The van der Waals surface area contributed by atoms with Gasteiger partial charge in [0.05, 0.1) is 10.6 Å². The van der Waals surface area contributed by atoms with Crippen LogP contribution in [0.15, 0.2) is 34.5 Å². The number of sulfonamides is 1. The third kappa shape index (κ3) is 4.13. The minimum absolute atomic E-state index is 0.0783. The summed E-state index contributed by atoms with van der Waals surface area (Å²) in [6.07, 6.45) is -3.18. The molecule has 0 spiro atoms. The summed E-state index contributed by atoms with van der Waals surface area (Å²) in [4.78, 5) is 12.3. The molecule has 0 aliphatic carbocycles. The van der Waals surface area contributed by atoms with E-state index in [0.29, 0.717) is 19.2 Å². The van der Waals surface area contributed by atoms with Crippen molar-refractivity contribution in [2.45, 2.75) is 23.9 Å². The molecular formula is C16H14ClF3N2O3S2. The Kier molecular flexibility index (Phi) is 5.53. The number of nitrogens with zero attached hydrogens (tertiary/aromatic N) is 1. The minimum Gasteiger partial charge on any atom is -0.321 e. The van der Waals surface area contributed by atoms with Crippen LogP contribution in [-0.4, -0.2) is 31.7 Å². The van der Waals surface area contributed by atoms with Gasteiger partial charge in [0.1, 0.15) is 9.77 Å². The first-order valence-corrected chi connectivity index (χ1v) is 10.6. The van der Waals surface area contributed by atoms with E-state index in [2.05, 4.69) is 5.32 Å². The van der Waals surface area contributed by atoms with Crippen LogP contribution in [0.3, 0.4) is 0 Å². The molecule has 1 saturated heterocycles. The Hall–Kier alpha value is -1.62. The number of hydrogen-bond donors (Lipinski definition) is 1. The number of alkyl halides is 3. The van der Waals surface area contributed by atoms with Gasteiger partial charge in [-0.05, 0) is 42.5 Å². The molecule has 1 aliphatic heterocycles. The van der Waals surface area contributed by atoms with E-state index in [4.69, 9.17) is 11.6 Å². The quantitative estimate of drug-likeness (QED) is 0.766. The second kappa shape index (κ2) is 7.42. The van der Waals surface area contributed by atoms with Gasteiger partial charge in [0, 0.05) is 18.8 Å². The van der Waals surface area contributed by atoms with Crippen molar-refractivity contribution >= 4 is 44.6 Å². The largest absolute Gasteiger partial charge is 0.417 e. The van der Waals surface area contributed by atoms with Gasteiger partial charge in [0.25, 0.3) is 5.91 Å². The summed E-state index contributed by atoms with van der Waals surface area (Å²) in [6, 6.07) is 4.28. The molecule has 0 atom stereocenters. The van der Waals surface area contributed by atoms with Crippen molar-refractivity contribution in [3.8, 4) is 0 Å². The Balaban J connectivity index is 1.88. The molecule has 0 unspecified atom stereocenters. The fraction of sp³-hybridized carbons (Fsp3) is 0.312. The normalized spacial score (nSPS) is 15.9. The van der Waals surface area contributed by atoms with Crippen LogP contribution in [0.25, 0.3) is 0 Å². The zero-order chi connectivity index (χ0) is 19.8. The average Bonchev–Trinajstić information content (AvgIpc) is 3.27. The molecule has 0 bridgehead atoms. The van der Waals surface area contributed by atoms with Gasteiger partial charge in [0.15, 0.2) is 0 Å². The van der Waals surface area contributed by atoms with Crippen LogP contribution in [-0.2, 0) is 16.2 Å². The molecule has 3 rings (SSSR count). The van der Waals surface area contributed by atoms with E-state index in [0.717, 1.165) is 30.2 Å². The van der Waals surface area contributed by atoms with Crippen LogP contribution in [0.1, 0.15) is 28.1 Å². The van der Waals surface area contributed by atoms with Crippen molar-refractivity contribution < 1.29 is 26.4 Å². The molecule has 5 nitrogen and oxygen atoms in total. The number of thiophene rings is 1. The first-order valence-electron chi connectivity index (χ1n) is 7.86. The Labute approximate surface area is 162 Å². The lowest BCUT2D eigenvalue weighted by Crippen LogP contribution is -2.29. The molecule has 0 radical (unpaired) electrons. The zero-order valence-corrected chi connectivity index (χ0v) is 16.1. The maximum Gasteiger partial charge on any atom is 0.417 e. The molecule has 1 N–H and O–H groups in total. The van der Waals surface area contributed by atoms with E-state index in [1.54, 1.807) is 0 Å². The number of carbonyl (C=O) groups excluding carboxylic acids is 1. The standard InChI is InChI=1S/C16H14ClF3N2O3S2/c17-12-4-3-10(9-11(12)16(18,19)20)21-15(23)14-13(5-8-26-14)27(24,25)22-6-1-2-7-22/h3-5,8-9H,1-2,6-7H2,(H,21,23). The average molecular weight is 439 g/mol. The molecule has 146 valence electrons. The Morgan fingerprint density at radius 3 is 2.48 bits per heavy atom. The monoisotopic (exact) mass is 438 g/mol. The molecule has 1 fully saturated rings. The van der Waals surface area contributed by atoms with Crippen LogP contribution in [0.4, 0.5) is 18.9 Å². The summed E-state index contributed by atoms with van der Waals surface area (Å²) in [7, 11) is -3.82. The molecule has 27 heavy (non-hydrogen) atoms. The maximum atomic E-state index is 13.0. The lowest BCUT2D eigenvalue weighted by Gasteiger charge is -2.16. The number of anilines is 1. The third-order valence-electron chi connectivity index (χ3n) is 4.05. The van der Waals surface area contributed by atoms with Crippen molar-refractivity contribution in [1.82, 2.24) is 4.31 Å². The third-order valence-corrected chi connectivity index (χ3v) is 7.36. The minimum atomic E-state index is -4.68. The highest BCUT2D eigenvalue weighted by Gasteiger charge is 2.34. The first kappa shape index (κ1) is 20.1. The van der Waals surface area contributed by atoms with Gasteiger partial charge in [-0.1, -0.05) is 11.6 Å². The SMILES string of the molecule is O=C(Nc1ccc(Cl)c(C(F)(F)F)c1)c1sccc1S(=O)(=O)N1CCCC1. The van der Waals surface area contributed by atoms with E-state index in [9.17, 15) is 26.4 Å². The Morgan fingerprint density at radius 1 is 1.19 bits per heavy atom. The second-order valence-corrected chi connectivity index (χ2v) is 9.10. The summed E-state index contributed by atoms with van der Waals surface area (Å²) in [5, 5.41) is 3.28. The number of benzene rings is 1. The molecule has 1 aromatic carbocycles. The summed E-state index contributed by atoms with van der Waals surface area (Å²) < 4.78 is 65.5. The molecule has 1 aromatic heterocycles. The van der Waals surface area contributed by atoms with E-state index in [1.165, 1.54) is 21.8 Å². The van der Waals surface area contributed by atoms with Gasteiger partial charge in [-0.3, -0.25) is 4.79 Å². The van der Waals surface area contributed by atoms with Gasteiger partial charge >= 0.3 is 6.18 Å². The highest BCUT2D eigenvalue weighted by Crippen LogP contribution is 2.36. The lowest BCUT2D eigenvalue weighted by atomic mass is 10.2. The van der Waals surface area contributed by atoms with Gasteiger partial charge in [0.2, 0.25) is 10.0 Å². The summed E-state index contributed by atoms with van der Waals surface area (Å²) in [5.74, 6) is -0.793. The van der Waals surface area contributed by atoms with Crippen molar-refractivity contribution in [2.24, 2.45) is 0 Å². The smallest absolute Gasteiger partial charge is 0.321 e. The number of halogens is 4. The molecule has 2 heterocycles. The number of nitrogens with one attached hydrogen (secondary N) is 1. The van der Waals surface area contributed by atoms with Crippen LogP contribution >= 0.6 is 22.9 Å². The van der Waals surface area contributed by atoms with Crippen molar-refractivity contribution in [3.05, 3.63) is 45.1 Å². The molecule has 11 heteroatoms. The van der Waals surface area contributed by atoms with Crippen LogP contribution in [0.2, 0.25) is 5.02 Å². The molecule has 2 aromatic rings. The van der Waals surface area contributed by atoms with Crippen LogP contribution in [0.5, 0.6) is 0 Å². The van der Waals surface area contributed by atoms with Crippen LogP contribution in [0, 0.1) is 0 Å². The van der Waals surface area contributed by atoms with Gasteiger partial charge in [-0.15, -0.1) is 11.3 Å². The first-order chi connectivity index (χ1) is 12.6. The number of rotatable bonds is 4. The molecular weight excluding hydrogens is 425 g/mol. The summed E-state index contributed by atoms with van der Waals surface area (Å²) in [6.45, 7) is 0.761. The second-order valence-electron chi connectivity index (χ2n) is 5.87. The fourth-order valence-corrected chi connectivity index (χ4v) is 5.78. The van der Waals surface area contributed by atoms with E-state index in [1.807, 2.05) is 0 Å². The number of carbonyl (C=O) groups is 1. The van der Waals surface area contributed by atoms with E-state index in [-0.39, 0.29) is 15.5 Å². The fourth-order valence-electron chi connectivity index (χ4n) is 2.74. The van der Waals surface area contributed by atoms with Crippen LogP contribution < -0.4 is 5.32 Å². The molecule has 0 saturated carbocycles. The Morgan fingerprint density at radius 2 is 1.85 bits per heavy atom. The van der Waals surface area contributed by atoms with Crippen molar-refractivity contribution in [1.29, 1.82) is 0 Å². The highest BCUT2D eigenvalue weighted by atomic mass is 35.5. The molecule has 1 amide bonds. The highest BCUT2D eigenvalue weighted by molar-refractivity contribution is 7.89. The van der Waals surface area contributed by atoms with Gasteiger partial charge in [-0.2, -0.15) is 17.5 Å². The lowest BCUT2D eigenvalue weighted by molar-refractivity contribution is -0.137. The summed E-state index contributed by atoms with van der Waals surface area (Å²) in [5.41, 5.74) is -1.22. The summed E-state index contributed by atoms with van der Waals surface area (Å²) >= 11 is 6.47. The van der Waals surface area contributed by atoms with E-state index >= 15 is 0 Å². The van der Waals surface area contributed by atoms with Crippen molar-refractivity contribution in [2.75, 3.05) is 18.4 Å². The topological polar surface area (TPSA) is 66.5 Å².